The van der Waals surface area contributed by atoms with Crippen molar-refractivity contribution in [2.45, 2.75) is 26.4 Å². The monoisotopic (exact) mass is 330 g/mol. The van der Waals surface area contributed by atoms with E-state index in [0.717, 1.165) is 43.4 Å². The first-order valence-corrected chi connectivity index (χ1v) is 9.17. The fourth-order valence-electron chi connectivity index (χ4n) is 2.90. The molecule has 1 aromatic heterocycles. The molecule has 1 aromatic carbocycles. The van der Waals surface area contributed by atoms with Crippen LogP contribution in [0.4, 0.5) is 5.69 Å². The quantitative estimate of drug-likeness (QED) is 0.913. The van der Waals surface area contributed by atoms with Crippen LogP contribution in [-0.2, 0) is 6.54 Å². The predicted octanol–water partition coefficient (Wildman–Crippen LogP) is 3.05. The van der Waals surface area contributed by atoms with Crippen molar-refractivity contribution >= 4 is 17.0 Å². The van der Waals surface area contributed by atoms with E-state index in [0.29, 0.717) is 6.04 Å². The summed E-state index contributed by atoms with van der Waals surface area (Å²) in [4.78, 5) is 9.36. The van der Waals surface area contributed by atoms with Gasteiger partial charge in [0.1, 0.15) is 0 Å². The second kappa shape index (κ2) is 7.43. The number of aromatic nitrogens is 1. The molecule has 0 bridgehead atoms. The number of hydrogen-bond acceptors (Lipinski definition) is 5. The molecule has 0 unspecified atom stereocenters. The summed E-state index contributed by atoms with van der Waals surface area (Å²) in [6.45, 7) is 9.61. The molecular weight excluding hydrogens is 304 g/mol. The van der Waals surface area contributed by atoms with Crippen LogP contribution >= 0.6 is 11.3 Å². The first-order chi connectivity index (χ1) is 11.1. The molecule has 1 aliphatic heterocycles. The maximum atomic E-state index is 4.50. The number of aryl methyl sites for hydroxylation is 1. The normalized spacial score (nSPS) is 17.4. The molecule has 0 saturated carbocycles. The third kappa shape index (κ3) is 4.31. The molecule has 0 radical (unpaired) electrons. The lowest BCUT2D eigenvalue weighted by molar-refractivity contribution is 0.313. The summed E-state index contributed by atoms with van der Waals surface area (Å²) in [5, 5.41) is 6.82. The highest BCUT2D eigenvalue weighted by atomic mass is 32.1. The van der Waals surface area contributed by atoms with Gasteiger partial charge in [0.2, 0.25) is 0 Å². The number of anilines is 1. The zero-order valence-corrected chi connectivity index (χ0v) is 15.1. The predicted molar refractivity (Wildman–Crippen MR) is 98.3 cm³/mol. The molecule has 0 aliphatic carbocycles. The van der Waals surface area contributed by atoms with Gasteiger partial charge in [-0.2, -0.15) is 0 Å². The van der Waals surface area contributed by atoms with Crippen molar-refractivity contribution in [3.8, 4) is 0 Å². The van der Waals surface area contributed by atoms with Gasteiger partial charge in [-0.3, -0.25) is 0 Å². The molecule has 4 nitrogen and oxygen atoms in total. The fourth-order valence-corrected chi connectivity index (χ4v) is 3.52. The molecule has 1 atom stereocenters. The van der Waals surface area contributed by atoms with Gasteiger partial charge in [-0.05, 0) is 38.6 Å². The Morgan fingerprint density at radius 1 is 1.17 bits per heavy atom. The Bertz CT molecular complexity index is 614. The largest absolute Gasteiger partial charge is 0.369 e. The minimum Gasteiger partial charge on any atom is -0.369 e. The minimum absolute atomic E-state index is 0.332. The Hall–Kier alpha value is -1.43. The van der Waals surface area contributed by atoms with Crippen LogP contribution in [-0.4, -0.2) is 43.1 Å². The van der Waals surface area contributed by atoms with E-state index in [9.17, 15) is 0 Å². The Labute approximate surface area is 143 Å². The smallest absolute Gasteiger partial charge is 0.0897 e. The summed E-state index contributed by atoms with van der Waals surface area (Å²) in [7, 11) is 2.19. The van der Waals surface area contributed by atoms with E-state index in [2.05, 4.69) is 70.6 Å². The van der Waals surface area contributed by atoms with Crippen LogP contribution in [0, 0.1) is 6.92 Å². The summed E-state index contributed by atoms with van der Waals surface area (Å²) in [5.41, 5.74) is 3.80. The number of nitrogens with zero attached hydrogens (tertiary/aromatic N) is 3. The molecule has 5 heteroatoms. The average Bonchev–Trinajstić information content (AvgIpc) is 2.99. The molecule has 1 fully saturated rings. The average molecular weight is 331 g/mol. The Morgan fingerprint density at radius 2 is 1.87 bits per heavy atom. The third-order valence-corrected chi connectivity index (χ3v) is 5.34. The van der Waals surface area contributed by atoms with Crippen LogP contribution in [0.15, 0.2) is 29.6 Å². The van der Waals surface area contributed by atoms with E-state index in [1.165, 1.54) is 11.3 Å². The van der Waals surface area contributed by atoms with E-state index in [4.69, 9.17) is 0 Å². The molecule has 1 saturated heterocycles. The number of hydrogen-bond donors (Lipinski definition) is 1. The van der Waals surface area contributed by atoms with E-state index < -0.39 is 0 Å². The standard InChI is InChI=1S/C18H26N4S/c1-14(19-12-17-13-23-15(2)20-17)16-4-6-18(7-5-16)22-10-8-21(3)9-11-22/h4-7,13-14,19H,8-12H2,1-3H3/t14-/m1/s1. The summed E-state index contributed by atoms with van der Waals surface area (Å²) >= 11 is 1.71. The zero-order chi connectivity index (χ0) is 16.2. The lowest BCUT2D eigenvalue weighted by atomic mass is 10.1. The van der Waals surface area contributed by atoms with Gasteiger partial charge in [0.15, 0.2) is 0 Å². The van der Waals surface area contributed by atoms with Crippen molar-refractivity contribution in [3.63, 3.8) is 0 Å². The minimum atomic E-state index is 0.332. The first-order valence-electron chi connectivity index (χ1n) is 8.29. The van der Waals surface area contributed by atoms with E-state index in [1.54, 1.807) is 11.3 Å². The van der Waals surface area contributed by atoms with Crippen molar-refractivity contribution in [3.05, 3.63) is 45.9 Å². The van der Waals surface area contributed by atoms with Crippen molar-refractivity contribution in [2.75, 3.05) is 38.1 Å². The highest BCUT2D eigenvalue weighted by molar-refractivity contribution is 7.09. The van der Waals surface area contributed by atoms with Gasteiger partial charge >= 0.3 is 0 Å². The number of rotatable bonds is 5. The molecule has 2 heterocycles. The summed E-state index contributed by atoms with van der Waals surface area (Å²) in [5.74, 6) is 0. The topological polar surface area (TPSA) is 31.4 Å². The van der Waals surface area contributed by atoms with Crippen LogP contribution < -0.4 is 10.2 Å². The SMILES string of the molecule is Cc1nc(CN[C@H](C)c2ccc(N3CCN(C)CC3)cc2)cs1. The zero-order valence-electron chi connectivity index (χ0n) is 14.2. The van der Waals surface area contributed by atoms with Crippen molar-refractivity contribution < 1.29 is 0 Å². The Kier molecular flexibility index (Phi) is 5.30. The molecule has 0 spiro atoms. The van der Waals surface area contributed by atoms with Crippen LogP contribution in [0.1, 0.15) is 29.2 Å². The number of thiazole rings is 1. The van der Waals surface area contributed by atoms with Gasteiger partial charge in [-0.1, -0.05) is 12.1 Å². The second-order valence-electron chi connectivity index (χ2n) is 6.34. The van der Waals surface area contributed by atoms with Crippen molar-refractivity contribution in [1.29, 1.82) is 0 Å². The summed E-state index contributed by atoms with van der Waals surface area (Å²) in [6, 6.07) is 9.34. The fraction of sp³-hybridized carbons (Fsp3) is 0.500. The number of nitrogens with one attached hydrogen (secondary N) is 1. The Balaban J connectivity index is 1.55. The van der Waals surface area contributed by atoms with Gasteiger partial charge in [0, 0.05) is 49.8 Å². The molecule has 124 valence electrons. The molecule has 1 aliphatic rings. The summed E-state index contributed by atoms with van der Waals surface area (Å²) < 4.78 is 0. The van der Waals surface area contributed by atoms with Crippen molar-refractivity contribution in [1.82, 2.24) is 15.2 Å². The molecule has 23 heavy (non-hydrogen) atoms. The van der Waals surface area contributed by atoms with Gasteiger partial charge in [-0.25, -0.2) is 4.98 Å². The maximum Gasteiger partial charge on any atom is 0.0897 e. The van der Waals surface area contributed by atoms with E-state index in [-0.39, 0.29) is 0 Å². The second-order valence-corrected chi connectivity index (χ2v) is 7.40. The van der Waals surface area contributed by atoms with Crippen LogP contribution in [0.2, 0.25) is 0 Å². The highest BCUT2D eigenvalue weighted by Crippen LogP contribution is 2.20. The lowest BCUT2D eigenvalue weighted by Gasteiger charge is -2.34. The number of piperazine rings is 1. The van der Waals surface area contributed by atoms with E-state index in [1.807, 2.05) is 0 Å². The lowest BCUT2D eigenvalue weighted by Crippen LogP contribution is -2.44. The van der Waals surface area contributed by atoms with Crippen LogP contribution in [0.5, 0.6) is 0 Å². The summed E-state index contributed by atoms with van der Waals surface area (Å²) in [6.07, 6.45) is 0. The molecule has 0 amide bonds. The molecular formula is C18H26N4S. The molecule has 1 N–H and O–H groups in total. The van der Waals surface area contributed by atoms with Crippen LogP contribution in [0.25, 0.3) is 0 Å². The van der Waals surface area contributed by atoms with Gasteiger partial charge in [0.25, 0.3) is 0 Å². The first kappa shape index (κ1) is 16.4. The third-order valence-electron chi connectivity index (χ3n) is 4.52. The van der Waals surface area contributed by atoms with Gasteiger partial charge in [-0.15, -0.1) is 11.3 Å². The molecule has 2 aromatic rings. The number of likely N-dealkylation sites (N-methyl/N-ethyl adjacent to an activating group) is 1. The van der Waals surface area contributed by atoms with Crippen molar-refractivity contribution in [2.24, 2.45) is 0 Å². The van der Waals surface area contributed by atoms with Gasteiger partial charge < -0.3 is 15.1 Å². The molecule has 3 rings (SSSR count). The van der Waals surface area contributed by atoms with Crippen LogP contribution in [0.3, 0.4) is 0 Å². The highest BCUT2D eigenvalue weighted by Gasteiger charge is 2.14. The van der Waals surface area contributed by atoms with E-state index >= 15 is 0 Å². The Morgan fingerprint density at radius 3 is 2.48 bits per heavy atom. The van der Waals surface area contributed by atoms with Gasteiger partial charge in [0.05, 0.1) is 10.7 Å². The number of benzene rings is 1. The maximum absolute atomic E-state index is 4.50.